The van der Waals surface area contributed by atoms with Gasteiger partial charge in [-0.1, -0.05) is 13.8 Å². The van der Waals surface area contributed by atoms with Gasteiger partial charge in [0.25, 0.3) is 0 Å². The number of fused-ring (bicyclic) bond motifs is 1. The lowest BCUT2D eigenvalue weighted by Gasteiger charge is -2.32. The Hall–Kier alpha value is -1.36. The van der Waals surface area contributed by atoms with E-state index in [0.29, 0.717) is 5.92 Å². The first kappa shape index (κ1) is 14.6. The highest BCUT2D eigenvalue weighted by atomic mass is 16.5. The van der Waals surface area contributed by atoms with Crippen LogP contribution in [0.25, 0.3) is 0 Å². The normalized spacial score (nSPS) is 32.5. The molecule has 1 aliphatic carbocycles. The number of nitrogens with one attached hydrogen (secondary N) is 2. The van der Waals surface area contributed by atoms with Crippen LogP contribution >= 0.6 is 0 Å². The highest BCUT2D eigenvalue weighted by Crippen LogP contribution is 2.33. The van der Waals surface area contributed by atoms with Crippen LogP contribution in [0.3, 0.4) is 0 Å². The van der Waals surface area contributed by atoms with Crippen LogP contribution in [-0.2, 0) is 16.0 Å². The van der Waals surface area contributed by atoms with Gasteiger partial charge in [0, 0.05) is 12.6 Å². The van der Waals surface area contributed by atoms with E-state index in [9.17, 15) is 4.79 Å². The van der Waals surface area contributed by atoms with Crippen molar-refractivity contribution in [2.75, 3.05) is 6.61 Å². The van der Waals surface area contributed by atoms with Crippen LogP contribution < -0.4 is 5.32 Å². The van der Waals surface area contributed by atoms with Gasteiger partial charge in [0.1, 0.15) is 0 Å². The van der Waals surface area contributed by atoms with Gasteiger partial charge in [-0.2, -0.15) is 5.10 Å². The Bertz CT molecular complexity index is 499. The van der Waals surface area contributed by atoms with Crippen molar-refractivity contribution in [3.63, 3.8) is 0 Å². The van der Waals surface area contributed by atoms with E-state index in [1.165, 1.54) is 5.56 Å². The molecule has 1 aliphatic heterocycles. The van der Waals surface area contributed by atoms with Crippen LogP contribution in [0, 0.1) is 5.92 Å². The minimum atomic E-state index is -0.0748. The second-order valence-electron chi connectivity index (χ2n) is 6.54. The molecular formula is C16H25N3O2. The van der Waals surface area contributed by atoms with E-state index in [0.717, 1.165) is 44.4 Å². The van der Waals surface area contributed by atoms with Gasteiger partial charge in [-0.3, -0.25) is 9.89 Å². The Morgan fingerprint density at radius 1 is 1.52 bits per heavy atom. The zero-order valence-corrected chi connectivity index (χ0v) is 12.9. The monoisotopic (exact) mass is 291 g/mol. The molecule has 3 rings (SSSR count). The molecule has 5 heteroatoms. The van der Waals surface area contributed by atoms with Crippen LogP contribution in [-0.4, -0.2) is 34.9 Å². The van der Waals surface area contributed by atoms with Crippen LogP contribution in [0.15, 0.2) is 6.20 Å². The van der Waals surface area contributed by atoms with E-state index in [1.807, 2.05) is 6.20 Å². The Labute approximate surface area is 125 Å². The standard InChI is InChI=1S/C16H25N3O2/c1-3-13-8-12(4-5-21-13)18-16(20)14-7-10(2)6-11-9-17-19-15(11)14/h9-10,12-14H,3-8H2,1-2H3,(H,17,19)(H,18,20)/t10?,12-,13-,14?/m1/s1. The van der Waals surface area contributed by atoms with E-state index >= 15 is 0 Å². The van der Waals surface area contributed by atoms with Crippen LogP contribution in [0.1, 0.15) is 56.7 Å². The summed E-state index contributed by atoms with van der Waals surface area (Å²) in [5, 5.41) is 10.4. The zero-order chi connectivity index (χ0) is 14.8. The number of hydrogen-bond donors (Lipinski definition) is 2. The van der Waals surface area contributed by atoms with E-state index < -0.39 is 0 Å². The molecule has 116 valence electrons. The second kappa shape index (κ2) is 6.18. The number of nitrogens with zero attached hydrogens (tertiary/aromatic N) is 1. The van der Waals surface area contributed by atoms with Gasteiger partial charge in [0.2, 0.25) is 5.91 Å². The van der Waals surface area contributed by atoms with E-state index in [2.05, 4.69) is 29.4 Å². The fraction of sp³-hybridized carbons (Fsp3) is 0.750. The smallest absolute Gasteiger partial charge is 0.229 e. The fourth-order valence-electron chi connectivity index (χ4n) is 3.60. The molecule has 0 aromatic carbocycles. The Kier molecular flexibility index (Phi) is 4.29. The number of carbonyl (C=O) groups is 1. The molecule has 0 bridgehead atoms. The van der Waals surface area contributed by atoms with Crippen molar-refractivity contribution in [2.24, 2.45) is 5.92 Å². The molecule has 21 heavy (non-hydrogen) atoms. The van der Waals surface area contributed by atoms with Crippen molar-refractivity contribution in [3.8, 4) is 0 Å². The van der Waals surface area contributed by atoms with Crippen molar-refractivity contribution < 1.29 is 9.53 Å². The summed E-state index contributed by atoms with van der Waals surface area (Å²) in [6.07, 6.45) is 6.94. The predicted octanol–water partition coefficient (Wildman–Crippen LogP) is 2.15. The molecule has 2 heterocycles. The molecule has 1 amide bonds. The minimum absolute atomic E-state index is 0.0748. The third-order valence-corrected chi connectivity index (χ3v) is 4.79. The quantitative estimate of drug-likeness (QED) is 0.896. The predicted molar refractivity (Wildman–Crippen MR) is 80.0 cm³/mol. The highest BCUT2D eigenvalue weighted by Gasteiger charge is 2.33. The number of H-pyrrole nitrogens is 1. The number of aromatic nitrogens is 2. The maximum absolute atomic E-state index is 12.7. The van der Waals surface area contributed by atoms with Gasteiger partial charge in [-0.25, -0.2) is 0 Å². The van der Waals surface area contributed by atoms with Crippen molar-refractivity contribution in [2.45, 2.75) is 64.0 Å². The highest BCUT2D eigenvalue weighted by molar-refractivity contribution is 5.84. The maximum Gasteiger partial charge on any atom is 0.229 e. The summed E-state index contributed by atoms with van der Waals surface area (Å²) in [7, 11) is 0. The van der Waals surface area contributed by atoms with Crippen molar-refractivity contribution in [1.82, 2.24) is 15.5 Å². The van der Waals surface area contributed by atoms with Crippen molar-refractivity contribution in [3.05, 3.63) is 17.5 Å². The first-order chi connectivity index (χ1) is 10.2. The number of aromatic amines is 1. The fourth-order valence-corrected chi connectivity index (χ4v) is 3.60. The first-order valence-electron chi connectivity index (χ1n) is 8.11. The second-order valence-corrected chi connectivity index (χ2v) is 6.54. The van der Waals surface area contributed by atoms with Gasteiger partial charge in [0.15, 0.2) is 0 Å². The van der Waals surface area contributed by atoms with Crippen LogP contribution in [0.5, 0.6) is 0 Å². The van der Waals surface area contributed by atoms with E-state index in [-0.39, 0.29) is 24.0 Å². The van der Waals surface area contributed by atoms with Gasteiger partial charge < -0.3 is 10.1 Å². The van der Waals surface area contributed by atoms with Crippen molar-refractivity contribution in [1.29, 1.82) is 0 Å². The lowest BCUT2D eigenvalue weighted by Crippen LogP contribution is -2.44. The molecule has 2 unspecified atom stereocenters. The zero-order valence-electron chi connectivity index (χ0n) is 12.9. The largest absolute Gasteiger partial charge is 0.378 e. The van der Waals surface area contributed by atoms with Gasteiger partial charge in [-0.15, -0.1) is 0 Å². The van der Waals surface area contributed by atoms with E-state index in [1.54, 1.807) is 0 Å². The summed E-state index contributed by atoms with van der Waals surface area (Å²) in [6.45, 7) is 5.09. The molecule has 0 saturated carbocycles. The van der Waals surface area contributed by atoms with Gasteiger partial charge >= 0.3 is 0 Å². The molecule has 1 fully saturated rings. The first-order valence-corrected chi connectivity index (χ1v) is 8.11. The molecular weight excluding hydrogens is 266 g/mol. The van der Waals surface area contributed by atoms with Crippen molar-refractivity contribution >= 4 is 5.91 Å². The number of amides is 1. The van der Waals surface area contributed by atoms with E-state index in [4.69, 9.17) is 4.74 Å². The Morgan fingerprint density at radius 2 is 2.38 bits per heavy atom. The lowest BCUT2D eigenvalue weighted by molar-refractivity contribution is -0.125. The summed E-state index contributed by atoms with van der Waals surface area (Å²) in [4.78, 5) is 12.7. The number of carbonyl (C=O) groups excluding carboxylic acids is 1. The number of ether oxygens (including phenoxy) is 1. The average molecular weight is 291 g/mol. The molecule has 1 aromatic rings. The summed E-state index contributed by atoms with van der Waals surface area (Å²) >= 11 is 0. The Morgan fingerprint density at radius 3 is 3.19 bits per heavy atom. The third-order valence-electron chi connectivity index (χ3n) is 4.79. The summed E-state index contributed by atoms with van der Waals surface area (Å²) in [6, 6.07) is 0.250. The van der Waals surface area contributed by atoms with Gasteiger partial charge in [0.05, 0.1) is 23.9 Å². The molecule has 0 spiro atoms. The third kappa shape index (κ3) is 3.12. The van der Waals surface area contributed by atoms with Crippen LogP contribution in [0.4, 0.5) is 0 Å². The molecule has 5 nitrogen and oxygen atoms in total. The number of rotatable bonds is 3. The van der Waals surface area contributed by atoms with Crippen LogP contribution in [0.2, 0.25) is 0 Å². The summed E-state index contributed by atoms with van der Waals surface area (Å²) < 4.78 is 5.68. The summed E-state index contributed by atoms with van der Waals surface area (Å²) in [5.74, 6) is 0.604. The molecule has 1 saturated heterocycles. The Balaban J connectivity index is 1.66. The molecule has 4 atom stereocenters. The summed E-state index contributed by atoms with van der Waals surface area (Å²) in [5.41, 5.74) is 2.22. The molecule has 2 aliphatic rings. The average Bonchev–Trinajstić information content (AvgIpc) is 2.94. The molecule has 2 N–H and O–H groups in total. The van der Waals surface area contributed by atoms with Gasteiger partial charge in [-0.05, 0) is 43.6 Å². The molecule has 1 aromatic heterocycles. The number of hydrogen-bond acceptors (Lipinski definition) is 3. The topological polar surface area (TPSA) is 67.0 Å². The SMILES string of the molecule is CC[C@@H]1C[C@H](NC(=O)C2CC(C)Cc3cn[nH]c32)CCO1. The lowest BCUT2D eigenvalue weighted by atomic mass is 9.81. The minimum Gasteiger partial charge on any atom is -0.378 e. The molecule has 0 radical (unpaired) electrons. The maximum atomic E-state index is 12.7.